The lowest BCUT2D eigenvalue weighted by Crippen LogP contribution is -1.88. The number of rotatable bonds is 2. The Labute approximate surface area is 108 Å². The molecule has 2 N–H and O–H groups in total. The minimum absolute atomic E-state index is 0. The summed E-state index contributed by atoms with van der Waals surface area (Å²) in [6.07, 6.45) is 0. The molecule has 0 atom stereocenters. The second-order valence-corrected chi connectivity index (χ2v) is 3.92. The summed E-state index contributed by atoms with van der Waals surface area (Å²) in [5.41, 5.74) is 8.85. The maximum absolute atomic E-state index is 5.71. The summed E-state index contributed by atoms with van der Waals surface area (Å²) in [6.45, 7) is 4.16. The molecule has 0 heterocycles. The van der Waals surface area contributed by atoms with Gasteiger partial charge < -0.3 is 10.5 Å². The average Bonchev–Trinajstić information content (AvgIpc) is 2.27. The lowest BCUT2D eigenvalue weighted by atomic mass is 10.1. The molecule has 17 heavy (non-hydrogen) atoms. The summed E-state index contributed by atoms with van der Waals surface area (Å²) in [5, 5.41) is 0. The van der Waals surface area contributed by atoms with E-state index < -0.39 is 0 Å². The predicted octanol–water partition coefficient (Wildman–Crippen LogP) is 4.10. The second-order valence-electron chi connectivity index (χ2n) is 3.92. The van der Waals surface area contributed by atoms with Crippen molar-refractivity contribution in [1.29, 1.82) is 0 Å². The van der Waals surface area contributed by atoms with Crippen molar-refractivity contribution in [3.05, 3.63) is 53.6 Å². The third-order valence-corrected chi connectivity index (χ3v) is 2.59. The van der Waals surface area contributed by atoms with Crippen molar-refractivity contribution in [3.8, 4) is 11.5 Å². The molecule has 0 bridgehead atoms. The quantitative estimate of drug-likeness (QED) is 0.814. The number of hydrogen-bond donors (Lipinski definition) is 1. The van der Waals surface area contributed by atoms with Crippen LogP contribution in [0.5, 0.6) is 11.5 Å². The van der Waals surface area contributed by atoms with Gasteiger partial charge in [0.1, 0.15) is 11.5 Å². The van der Waals surface area contributed by atoms with Gasteiger partial charge in [-0.15, -0.1) is 12.4 Å². The molecule has 2 aromatic rings. The molecule has 0 spiro atoms. The van der Waals surface area contributed by atoms with E-state index in [0.717, 1.165) is 17.2 Å². The Morgan fingerprint density at radius 1 is 0.824 bits per heavy atom. The Bertz CT molecular complexity index is 494. The van der Waals surface area contributed by atoms with Crippen molar-refractivity contribution in [1.82, 2.24) is 0 Å². The zero-order chi connectivity index (χ0) is 11.5. The van der Waals surface area contributed by atoms with Crippen molar-refractivity contribution in [2.24, 2.45) is 0 Å². The standard InChI is InChI=1S/C14H15NO.ClH/c1-10-3-6-14(9-11(10)2)16-13-7-4-12(15)5-8-13;/h3-9H,15H2,1-2H3;1H. The maximum Gasteiger partial charge on any atom is 0.127 e. The highest BCUT2D eigenvalue weighted by molar-refractivity contribution is 5.85. The molecular formula is C14H16ClNO. The molecule has 3 heteroatoms. The summed E-state index contributed by atoms with van der Waals surface area (Å²) >= 11 is 0. The number of hydrogen-bond acceptors (Lipinski definition) is 2. The molecule has 0 radical (unpaired) electrons. The van der Waals surface area contributed by atoms with Crippen molar-refractivity contribution in [3.63, 3.8) is 0 Å². The van der Waals surface area contributed by atoms with Gasteiger partial charge in [-0.3, -0.25) is 0 Å². The fourth-order valence-electron chi connectivity index (χ4n) is 1.45. The van der Waals surface area contributed by atoms with Crippen LogP contribution in [0.3, 0.4) is 0 Å². The molecule has 2 aromatic carbocycles. The zero-order valence-electron chi connectivity index (χ0n) is 9.94. The van der Waals surface area contributed by atoms with Gasteiger partial charge >= 0.3 is 0 Å². The highest BCUT2D eigenvalue weighted by Gasteiger charge is 1.99. The number of nitrogen functional groups attached to an aromatic ring is 1. The molecule has 2 nitrogen and oxygen atoms in total. The largest absolute Gasteiger partial charge is 0.457 e. The Kier molecular flexibility index (Phi) is 4.41. The third-order valence-electron chi connectivity index (χ3n) is 2.59. The van der Waals surface area contributed by atoms with Crippen LogP contribution in [-0.2, 0) is 0 Å². The van der Waals surface area contributed by atoms with Crippen molar-refractivity contribution < 1.29 is 4.74 Å². The lowest BCUT2D eigenvalue weighted by molar-refractivity contribution is 0.482. The number of nitrogens with two attached hydrogens (primary N) is 1. The van der Waals surface area contributed by atoms with Crippen LogP contribution in [0.25, 0.3) is 0 Å². The summed E-state index contributed by atoms with van der Waals surface area (Å²) in [5.74, 6) is 1.66. The molecule has 90 valence electrons. The first-order chi connectivity index (χ1) is 7.65. The van der Waals surface area contributed by atoms with Gasteiger partial charge in [0.05, 0.1) is 0 Å². The molecule has 0 aliphatic heterocycles. The van der Waals surface area contributed by atoms with Gasteiger partial charge in [0, 0.05) is 5.69 Å². The SMILES string of the molecule is Cc1ccc(Oc2ccc(N)cc2)cc1C.Cl. The summed E-state index contributed by atoms with van der Waals surface area (Å²) in [7, 11) is 0. The van der Waals surface area contributed by atoms with Crippen molar-refractivity contribution >= 4 is 18.1 Å². The van der Waals surface area contributed by atoms with Gasteiger partial charge in [0.15, 0.2) is 0 Å². The van der Waals surface area contributed by atoms with Gasteiger partial charge in [-0.2, -0.15) is 0 Å². The molecule has 0 aromatic heterocycles. The molecule has 0 unspecified atom stereocenters. The van der Waals surface area contributed by atoms with Crippen LogP contribution in [-0.4, -0.2) is 0 Å². The van der Waals surface area contributed by atoms with Crippen LogP contribution in [0.2, 0.25) is 0 Å². The number of aryl methyl sites for hydroxylation is 2. The van der Waals surface area contributed by atoms with E-state index in [1.54, 1.807) is 0 Å². The van der Waals surface area contributed by atoms with Gasteiger partial charge in [0.2, 0.25) is 0 Å². The monoisotopic (exact) mass is 249 g/mol. The number of ether oxygens (including phenoxy) is 1. The van der Waals surface area contributed by atoms with Crippen molar-refractivity contribution in [2.45, 2.75) is 13.8 Å². The molecule has 0 aliphatic rings. The van der Waals surface area contributed by atoms with Gasteiger partial charge in [-0.05, 0) is 61.4 Å². The average molecular weight is 250 g/mol. The number of halogens is 1. The smallest absolute Gasteiger partial charge is 0.127 e. The summed E-state index contributed by atoms with van der Waals surface area (Å²) in [4.78, 5) is 0. The lowest BCUT2D eigenvalue weighted by Gasteiger charge is -2.07. The van der Waals surface area contributed by atoms with Crippen LogP contribution in [0.1, 0.15) is 11.1 Å². The molecule has 0 saturated heterocycles. The molecular weight excluding hydrogens is 234 g/mol. The maximum atomic E-state index is 5.71. The second kappa shape index (κ2) is 5.60. The van der Waals surface area contributed by atoms with Crippen LogP contribution in [0, 0.1) is 13.8 Å². The Morgan fingerprint density at radius 2 is 1.41 bits per heavy atom. The summed E-state index contributed by atoms with van der Waals surface area (Å²) < 4.78 is 5.71. The summed E-state index contributed by atoms with van der Waals surface area (Å²) in [6, 6.07) is 13.5. The minimum atomic E-state index is 0. The highest BCUT2D eigenvalue weighted by atomic mass is 35.5. The first kappa shape index (κ1) is 13.4. The van der Waals surface area contributed by atoms with Crippen LogP contribution in [0.15, 0.2) is 42.5 Å². The van der Waals surface area contributed by atoms with E-state index in [1.165, 1.54) is 11.1 Å². The van der Waals surface area contributed by atoms with Crippen LogP contribution in [0.4, 0.5) is 5.69 Å². The molecule has 2 rings (SSSR count). The van der Waals surface area contributed by atoms with E-state index in [4.69, 9.17) is 10.5 Å². The molecule has 0 fully saturated rings. The van der Waals surface area contributed by atoms with Crippen LogP contribution < -0.4 is 10.5 Å². The predicted molar refractivity (Wildman–Crippen MR) is 74.1 cm³/mol. The minimum Gasteiger partial charge on any atom is -0.457 e. The van der Waals surface area contributed by atoms with Gasteiger partial charge in [-0.25, -0.2) is 0 Å². The van der Waals surface area contributed by atoms with Gasteiger partial charge in [0.25, 0.3) is 0 Å². The van der Waals surface area contributed by atoms with Gasteiger partial charge in [-0.1, -0.05) is 6.07 Å². The molecule has 0 aliphatic carbocycles. The fourth-order valence-corrected chi connectivity index (χ4v) is 1.45. The molecule has 0 amide bonds. The Balaban J connectivity index is 0.00000144. The molecule has 0 saturated carbocycles. The fraction of sp³-hybridized carbons (Fsp3) is 0.143. The first-order valence-electron chi connectivity index (χ1n) is 5.26. The van der Waals surface area contributed by atoms with Crippen molar-refractivity contribution in [2.75, 3.05) is 5.73 Å². The van der Waals surface area contributed by atoms with E-state index >= 15 is 0 Å². The van der Waals surface area contributed by atoms with E-state index in [-0.39, 0.29) is 12.4 Å². The first-order valence-corrected chi connectivity index (χ1v) is 5.26. The number of anilines is 1. The van der Waals surface area contributed by atoms with E-state index in [1.807, 2.05) is 36.4 Å². The Morgan fingerprint density at radius 3 is 2.00 bits per heavy atom. The third kappa shape index (κ3) is 3.40. The topological polar surface area (TPSA) is 35.2 Å². The van der Waals surface area contributed by atoms with Crippen LogP contribution >= 0.6 is 12.4 Å². The highest BCUT2D eigenvalue weighted by Crippen LogP contribution is 2.24. The Hall–Kier alpha value is -1.67. The van der Waals surface area contributed by atoms with E-state index in [0.29, 0.717) is 0 Å². The number of benzene rings is 2. The van der Waals surface area contributed by atoms with E-state index in [2.05, 4.69) is 19.9 Å². The zero-order valence-corrected chi connectivity index (χ0v) is 10.8. The normalized spacial score (nSPS) is 9.53. The van der Waals surface area contributed by atoms with E-state index in [9.17, 15) is 0 Å².